The van der Waals surface area contributed by atoms with Gasteiger partial charge in [-0.25, -0.2) is 0 Å². The van der Waals surface area contributed by atoms with Crippen LogP contribution in [0.15, 0.2) is 24.3 Å². The van der Waals surface area contributed by atoms with Crippen molar-refractivity contribution in [3.63, 3.8) is 0 Å². The van der Waals surface area contributed by atoms with Crippen molar-refractivity contribution >= 4 is 11.8 Å². The molecule has 0 aliphatic heterocycles. The fraction of sp³-hybridized carbons (Fsp3) is 0.385. The van der Waals surface area contributed by atoms with Crippen LogP contribution < -0.4 is 16.8 Å². The minimum atomic E-state index is -0.988. The van der Waals surface area contributed by atoms with Crippen LogP contribution in [0.5, 0.6) is 0 Å². The summed E-state index contributed by atoms with van der Waals surface area (Å²) in [6.07, 6.45) is -0.398. The zero-order valence-corrected chi connectivity index (χ0v) is 10.4. The molecule has 0 heterocycles. The maximum atomic E-state index is 11.8. The minimum absolute atomic E-state index is 0.212. The number of carbonyl (C=O) groups is 2. The number of nitrogens with one attached hydrogen (secondary N) is 1. The predicted octanol–water partition coefficient (Wildman–Crippen LogP) is -1.04. The van der Waals surface area contributed by atoms with Crippen molar-refractivity contribution in [1.82, 2.24) is 5.32 Å². The van der Waals surface area contributed by atoms with Crippen LogP contribution in [0.25, 0.3) is 0 Å². The summed E-state index contributed by atoms with van der Waals surface area (Å²) in [5, 5.41) is 12.6. The molecule has 1 unspecified atom stereocenters. The summed E-state index contributed by atoms with van der Waals surface area (Å²) in [6.45, 7) is 0. The lowest BCUT2D eigenvalue weighted by atomic mass is 10.1. The molecule has 0 aromatic heterocycles. The first kappa shape index (κ1) is 13.5. The van der Waals surface area contributed by atoms with Crippen molar-refractivity contribution in [3.8, 4) is 0 Å². The van der Waals surface area contributed by atoms with Crippen LogP contribution in [0.4, 0.5) is 0 Å². The Hall–Kier alpha value is -1.92. The molecule has 1 aliphatic rings. The Morgan fingerprint density at radius 1 is 1.42 bits per heavy atom. The predicted molar refractivity (Wildman–Crippen MR) is 68.8 cm³/mol. The third-order valence-corrected chi connectivity index (χ3v) is 3.26. The molecule has 6 nitrogen and oxygen atoms in total. The monoisotopic (exact) mass is 263 g/mol. The summed E-state index contributed by atoms with van der Waals surface area (Å²) in [5.41, 5.74) is 12.4. The van der Waals surface area contributed by atoms with Gasteiger partial charge >= 0.3 is 0 Å². The van der Waals surface area contributed by atoms with Gasteiger partial charge in [0.1, 0.15) is 0 Å². The smallest absolute Gasteiger partial charge is 0.238 e. The summed E-state index contributed by atoms with van der Waals surface area (Å²) in [6, 6.07) is 6.03. The summed E-state index contributed by atoms with van der Waals surface area (Å²) in [4.78, 5) is 22.6. The summed E-state index contributed by atoms with van der Waals surface area (Å²) in [7, 11) is 0. The lowest BCUT2D eigenvalue weighted by Crippen LogP contribution is -2.45. The molecule has 0 bridgehead atoms. The van der Waals surface area contributed by atoms with E-state index >= 15 is 0 Å². The van der Waals surface area contributed by atoms with Crippen LogP contribution in [0.2, 0.25) is 0 Å². The molecule has 2 amide bonds. The van der Waals surface area contributed by atoms with Crippen LogP contribution in [0, 0.1) is 0 Å². The highest BCUT2D eigenvalue weighted by molar-refractivity contribution is 5.87. The Morgan fingerprint density at radius 2 is 2.11 bits per heavy atom. The number of aliphatic hydroxyl groups is 1. The van der Waals surface area contributed by atoms with Crippen LogP contribution in [0.1, 0.15) is 23.6 Å². The highest BCUT2D eigenvalue weighted by Crippen LogP contribution is 2.31. The Morgan fingerprint density at radius 3 is 2.79 bits per heavy atom. The van der Waals surface area contributed by atoms with Gasteiger partial charge in [-0.05, 0) is 11.1 Å². The van der Waals surface area contributed by atoms with E-state index in [1.165, 1.54) is 0 Å². The molecule has 0 saturated heterocycles. The number of hydrogen-bond donors (Lipinski definition) is 4. The molecule has 0 spiro atoms. The molecule has 19 heavy (non-hydrogen) atoms. The van der Waals surface area contributed by atoms with Crippen molar-refractivity contribution in [2.75, 3.05) is 0 Å². The normalized spacial score (nSPS) is 22.6. The van der Waals surface area contributed by atoms with E-state index in [0.717, 1.165) is 11.1 Å². The number of amides is 2. The van der Waals surface area contributed by atoms with E-state index in [0.29, 0.717) is 6.42 Å². The number of rotatable bonds is 4. The Balaban J connectivity index is 2.07. The maximum Gasteiger partial charge on any atom is 0.238 e. The first-order valence-corrected chi connectivity index (χ1v) is 6.09. The van der Waals surface area contributed by atoms with Gasteiger partial charge in [-0.2, -0.15) is 0 Å². The van der Waals surface area contributed by atoms with Crippen molar-refractivity contribution in [2.45, 2.75) is 31.0 Å². The van der Waals surface area contributed by atoms with Crippen molar-refractivity contribution in [1.29, 1.82) is 0 Å². The number of nitrogens with two attached hydrogens (primary N) is 2. The average Bonchev–Trinajstić information content (AvgIpc) is 2.65. The fourth-order valence-corrected chi connectivity index (χ4v) is 2.32. The van der Waals surface area contributed by atoms with E-state index in [2.05, 4.69) is 5.32 Å². The van der Waals surface area contributed by atoms with E-state index in [9.17, 15) is 14.7 Å². The van der Waals surface area contributed by atoms with Crippen molar-refractivity contribution in [2.24, 2.45) is 11.5 Å². The van der Waals surface area contributed by atoms with Crippen LogP contribution in [-0.4, -0.2) is 29.1 Å². The summed E-state index contributed by atoms with van der Waals surface area (Å²) < 4.78 is 0. The summed E-state index contributed by atoms with van der Waals surface area (Å²) >= 11 is 0. The number of hydrogen-bond acceptors (Lipinski definition) is 4. The molecule has 1 aliphatic carbocycles. The molecule has 0 radical (unpaired) electrons. The number of benzene rings is 1. The largest absolute Gasteiger partial charge is 0.390 e. The summed E-state index contributed by atoms with van der Waals surface area (Å²) in [5.74, 6) is -1.12. The number of aliphatic hydroxyl groups excluding tert-OH is 1. The number of primary amides is 1. The van der Waals surface area contributed by atoms with E-state index in [1.54, 1.807) is 0 Å². The maximum absolute atomic E-state index is 11.8. The van der Waals surface area contributed by atoms with Crippen LogP contribution in [0.3, 0.4) is 0 Å². The molecule has 0 fully saturated rings. The van der Waals surface area contributed by atoms with E-state index in [1.807, 2.05) is 24.3 Å². The van der Waals surface area contributed by atoms with Gasteiger partial charge < -0.3 is 21.9 Å². The molecule has 102 valence electrons. The zero-order valence-electron chi connectivity index (χ0n) is 10.4. The molecule has 6 N–H and O–H groups in total. The average molecular weight is 263 g/mol. The van der Waals surface area contributed by atoms with E-state index in [4.69, 9.17) is 11.5 Å². The Bertz CT molecular complexity index is 504. The quantitative estimate of drug-likeness (QED) is 0.555. The second kappa shape index (κ2) is 5.38. The first-order chi connectivity index (χ1) is 8.99. The van der Waals surface area contributed by atoms with Crippen LogP contribution >= 0.6 is 0 Å². The molecule has 3 atom stereocenters. The highest BCUT2D eigenvalue weighted by atomic mass is 16.3. The standard InChI is InChI=1S/C13H17N3O3/c14-9(6-11(15)18)13(19)16-12-8-4-2-1-3-7(8)5-10(12)17/h1-4,9-10,12,17H,5-6,14H2,(H2,15,18)(H,16,19)/t9?,10-,12+/m0/s1. The van der Waals surface area contributed by atoms with E-state index < -0.39 is 30.0 Å². The fourth-order valence-electron chi connectivity index (χ4n) is 2.32. The van der Waals surface area contributed by atoms with Gasteiger partial charge in [0.25, 0.3) is 0 Å². The van der Waals surface area contributed by atoms with E-state index in [-0.39, 0.29) is 6.42 Å². The molecule has 1 aromatic carbocycles. The van der Waals surface area contributed by atoms with Crippen LogP contribution in [-0.2, 0) is 16.0 Å². The molecular weight excluding hydrogens is 246 g/mol. The number of fused-ring (bicyclic) bond motifs is 1. The first-order valence-electron chi connectivity index (χ1n) is 6.09. The Kier molecular flexibility index (Phi) is 3.82. The molecule has 0 saturated carbocycles. The molecular formula is C13H17N3O3. The molecule has 6 heteroatoms. The topological polar surface area (TPSA) is 118 Å². The van der Waals surface area contributed by atoms with Gasteiger partial charge in [0.15, 0.2) is 0 Å². The molecule has 2 rings (SSSR count). The minimum Gasteiger partial charge on any atom is -0.390 e. The third kappa shape index (κ3) is 2.91. The van der Waals surface area contributed by atoms with Gasteiger partial charge in [-0.15, -0.1) is 0 Å². The van der Waals surface area contributed by atoms with Gasteiger partial charge in [-0.3, -0.25) is 9.59 Å². The second-order valence-electron chi connectivity index (χ2n) is 4.73. The highest BCUT2D eigenvalue weighted by Gasteiger charge is 2.32. The van der Waals surface area contributed by atoms with Gasteiger partial charge in [0.05, 0.1) is 24.6 Å². The van der Waals surface area contributed by atoms with Crippen molar-refractivity contribution < 1.29 is 14.7 Å². The Labute approximate surface area is 110 Å². The van der Waals surface area contributed by atoms with Crippen molar-refractivity contribution in [3.05, 3.63) is 35.4 Å². The van der Waals surface area contributed by atoms with Gasteiger partial charge in [-0.1, -0.05) is 24.3 Å². The van der Waals surface area contributed by atoms with Gasteiger partial charge in [0, 0.05) is 6.42 Å². The lowest BCUT2D eigenvalue weighted by Gasteiger charge is -2.20. The van der Waals surface area contributed by atoms with Gasteiger partial charge in [0.2, 0.25) is 11.8 Å². The molecule has 1 aromatic rings. The zero-order chi connectivity index (χ0) is 14.0. The third-order valence-electron chi connectivity index (χ3n) is 3.26. The number of carbonyl (C=O) groups excluding carboxylic acids is 2. The lowest BCUT2D eigenvalue weighted by molar-refractivity contribution is -0.127. The SMILES string of the molecule is NC(=O)CC(N)C(=O)N[C@@H]1c2ccccc2C[C@@H]1O. The second-order valence-corrected chi connectivity index (χ2v) is 4.73.